The van der Waals surface area contributed by atoms with Gasteiger partial charge in [0.25, 0.3) is 0 Å². The fourth-order valence-electron chi connectivity index (χ4n) is 4.32. The maximum Gasteiger partial charge on any atom is 0.222 e. The predicted octanol–water partition coefficient (Wildman–Crippen LogP) is 2.31. The van der Waals surface area contributed by atoms with Crippen LogP contribution in [0.4, 0.5) is 5.95 Å². The van der Waals surface area contributed by atoms with E-state index in [1.54, 1.807) is 12.4 Å². The molecule has 120 valence electrons. The number of rotatable bonds is 5. The molecule has 22 heavy (non-hydrogen) atoms. The van der Waals surface area contributed by atoms with Crippen molar-refractivity contribution in [2.24, 2.45) is 5.41 Å². The number of hydrogen-bond acceptors (Lipinski definition) is 5. The molecule has 2 atom stereocenters. The van der Waals surface area contributed by atoms with Crippen molar-refractivity contribution in [2.45, 2.75) is 50.7 Å². The number of nitrogens with zero attached hydrogens (tertiary/aromatic N) is 3. The molecule has 0 unspecified atom stereocenters. The van der Waals surface area contributed by atoms with Gasteiger partial charge in [-0.2, -0.15) is 0 Å². The molecule has 5 nitrogen and oxygen atoms in total. The molecule has 2 aliphatic heterocycles. The maximum absolute atomic E-state index is 6.06. The fraction of sp³-hybridized carbons (Fsp3) is 0.765. The van der Waals surface area contributed by atoms with Crippen LogP contribution in [0.15, 0.2) is 18.5 Å². The maximum atomic E-state index is 6.06. The lowest BCUT2D eigenvalue weighted by atomic mass is 9.72. The summed E-state index contributed by atoms with van der Waals surface area (Å²) in [6.45, 7) is 4.32. The summed E-state index contributed by atoms with van der Waals surface area (Å²) in [6.07, 6.45) is 11.8. The normalized spacial score (nSPS) is 32.5. The van der Waals surface area contributed by atoms with Gasteiger partial charge >= 0.3 is 0 Å². The monoisotopic (exact) mass is 302 g/mol. The van der Waals surface area contributed by atoms with E-state index in [-0.39, 0.29) is 0 Å². The Balaban J connectivity index is 1.38. The summed E-state index contributed by atoms with van der Waals surface area (Å²) in [6, 6.07) is 2.70. The Kier molecular flexibility index (Phi) is 4.01. The lowest BCUT2D eigenvalue weighted by molar-refractivity contribution is -0.0445. The summed E-state index contributed by atoms with van der Waals surface area (Å²) in [5.74, 6) is 0.737. The van der Waals surface area contributed by atoms with Crippen molar-refractivity contribution in [3.05, 3.63) is 18.5 Å². The van der Waals surface area contributed by atoms with Gasteiger partial charge in [-0.3, -0.25) is 4.90 Å². The third-order valence-electron chi connectivity index (χ3n) is 5.86. The van der Waals surface area contributed by atoms with E-state index in [2.05, 4.69) is 20.2 Å². The Morgan fingerprint density at radius 2 is 2.14 bits per heavy atom. The first-order chi connectivity index (χ1) is 10.9. The highest BCUT2D eigenvalue weighted by Gasteiger charge is 2.48. The van der Waals surface area contributed by atoms with Crippen LogP contribution in [0.1, 0.15) is 38.5 Å². The molecule has 0 aromatic carbocycles. The van der Waals surface area contributed by atoms with E-state index < -0.39 is 0 Å². The van der Waals surface area contributed by atoms with E-state index in [4.69, 9.17) is 4.74 Å². The molecule has 3 aliphatic rings. The minimum atomic E-state index is 0.343. The minimum absolute atomic E-state index is 0.343. The minimum Gasteiger partial charge on any atom is -0.378 e. The molecule has 0 amide bonds. The topological polar surface area (TPSA) is 50.3 Å². The van der Waals surface area contributed by atoms with Gasteiger partial charge in [0, 0.05) is 50.1 Å². The molecule has 3 fully saturated rings. The van der Waals surface area contributed by atoms with Crippen LogP contribution < -0.4 is 5.32 Å². The third-order valence-corrected chi connectivity index (χ3v) is 5.86. The van der Waals surface area contributed by atoms with Crippen molar-refractivity contribution in [3.63, 3.8) is 0 Å². The molecule has 1 saturated carbocycles. The smallest absolute Gasteiger partial charge is 0.222 e. The summed E-state index contributed by atoms with van der Waals surface area (Å²) in [4.78, 5) is 11.2. The summed E-state index contributed by atoms with van der Waals surface area (Å²) in [7, 11) is 0. The lowest BCUT2D eigenvalue weighted by Gasteiger charge is -2.49. The Labute approximate surface area is 132 Å². The van der Waals surface area contributed by atoms with Crippen molar-refractivity contribution in [1.29, 1.82) is 0 Å². The number of hydrogen-bond donors (Lipinski definition) is 1. The van der Waals surface area contributed by atoms with Crippen molar-refractivity contribution in [3.8, 4) is 0 Å². The number of anilines is 1. The van der Waals surface area contributed by atoms with Gasteiger partial charge in [0.15, 0.2) is 0 Å². The molecule has 0 bridgehead atoms. The summed E-state index contributed by atoms with van der Waals surface area (Å²) in [5, 5.41) is 3.38. The fourth-order valence-corrected chi connectivity index (χ4v) is 4.32. The van der Waals surface area contributed by atoms with Crippen molar-refractivity contribution in [2.75, 3.05) is 31.6 Å². The molecule has 3 heterocycles. The second-order valence-electron chi connectivity index (χ2n) is 7.06. The van der Waals surface area contributed by atoms with E-state index in [1.807, 2.05) is 6.07 Å². The van der Waals surface area contributed by atoms with Crippen LogP contribution in [0.2, 0.25) is 0 Å². The number of piperidine rings is 1. The SMILES string of the molecule is c1cnc(NCC[C@]23CCO[C@H]2CCN(C2CCC2)C3)nc1. The van der Waals surface area contributed by atoms with Crippen LogP contribution in [0.25, 0.3) is 0 Å². The van der Waals surface area contributed by atoms with Gasteiger partial charge in [-0.1, -0.05) is 6.42 Å². The molecule has 1 N–H and O–H groups in total. The lowest BCUT2D eigenvalue weighted by Crippen LogP contribution is -2.54. The number of nitrogens with one attached hydrogen (secondary N) is 1. The Bertz CT molecular complexity index is 493. The van der Waals surface area contributed by atoms with E-state index in [9.17, 15) is 0 Å². The predicted molar refractivity (Wildman–Crippen MR) is 85.8 cm³/mol. The molecular formula is C17H26N4O. The average molecular weight is 302 g/mol. The molecule has 2 saturated heterocycles. The molecule has 0 radical (unpaired) electrons. The Morgan fingerprint density at radius 1 is 1.27 bits per heavy atom. The van der Waals surface area contributed by atoms with Gasteiger partial charge in [0.2, 0.25) is 5.95 Å². The largest absolute Gasteiger partial charge is 0.378 e. The van der Waals surface area contributed by atoms with Crippen LogP contribution in [-0.2, 0) is 4.74 Å². The number of aromatic nitrogens is 2. The van der Waals surface area contributed by atoms with E-state index in [1.165, 1.54) is 45.2 Å². The molecule has 1 aliphatic carbocycles. The zero-order valence-corrected chi connectivity index (χ0v) is 13.2. The van der Waals surface area contributed by atoms with Crippen LogP contribution in [0.5, 0.6) is 0 Å². The Morgan fingerprint density at radius 3 is 2.91 bits per heavy atom. The molecule has 4 rings (SSSR count). The van der Waals surface area contributed by atoms with E-state index in [0.717, 1.165) is 31.6 Å². The molecule has 1 aromatic rings. The number of fused-ring (bicyclic) bond motifs is 1. The highest BCUT2D eigenvalue weighted by atomic mass is 16.5. The summed E-state index contributed by atoms with van der Waals surface area (Å²) < 4.78 is 6.06. The second-order valence-corrected chi connectivity index (χ2v) is 7.06. The third kappa shape index (κ3) is 2.72. The molecular weight excluding hydrogens is 276 g/mol. The zero-order chi connectivity index (χ0) is 14.8. The van der Waals surface area contributed by atoms with E-state index in [0.29, 0.717) is 11.5 Å². The number of ether oxygens (including phenoxy) is 1. The van der Waals surface area contributed by atoms with Gasteiger partial charge in [0.1, 0.15) is 0 Å². The second kappa shape index (κ2) is 6.13. The highest BCUT2D eigenvalue weighted by Crippen LogP contribution is 2.45. The van der Waals surface area contributed by atoms with Crippen LogP contribution >= 0.6 is 0 Å². The van der Waals surface area contributed by atoms with Gasteiger partial charge < -0.3 is 10.1 Å². The quantitative estimate of drug-likeness (QED) is 0.904. The first-order valence-electron chi connectivity index (χ1n) is 8.72. The zero-order valence-electron chi connectivity index (χ0n) is 13.2. The van der Waals surface area contributed by atoms with Gasteiger partial charge in [-0.05, 0) is 38.2 Å². The van der Waals surface area contributed by atoms with Crippen molar-refractivity contribution >= 4 is 5.95 Å². The van der Waals surface area contributed by atoms with Crippen molar-refractivity contribution in [1.82, 2.24) is 14.9 Å². The average Bonchev–Trinajstić information content (AvgIpc) is 2.90. The molecule has 5 heteroatoms. The first kappa shape index (κ1) is 14.4. The van der Waals surface area contributed by atoms with E-state index >= 15 is 0 Å². The summed E-state index contributed by atoms with van der Waals surface area (Å²) in [5.41, 5.74) is 0.343. The molecule has 0 spiro atoms. The summed E-state index contributed by atoms with van der Waals surface area (Å²) >= 11 is 0. The standard InChI is InChI=1S/C17H26N4O/c1-3-14(4-1)21-11-5-15-17(13-21,7-12-22-15)6-10-20-16-18-8-2-9-19-16/h2,8-9,14-15H,1,3-7,10-13H2,(H,18,19,20)/t15-,17+/m0/s1. The van der Waals surface area contributed by atoms with Crippen LogP contribution in [0.3, 0.4) is 0 Å². The van der Waals surface area contributed by atoms with Crippen LogP contribution in [0, 0.1) is 5.41 Å². The van der Waals surface area contributed by atoms with Gasteiger partial charge in [-0.15, -0.1) is 0 Å². The molecule has 1 aromatic heterocycles. The van der Waals surface area contributed by atoms with Gasteiger partial charge in [0.05, 0.1) is 6.10 Å². The highest BCUT2D eigenvalue weighted by molar-refractivity contribution is 5.22. The Hall–Kier alpha value is -1.20. The first-order valence-corrected chi connectivity index (χ1v) is 8.72. The number of likely N-dealkylation sites (tertiary alicyclic amines) is 1. The van der Waals surface area contributed by atoms with Gasteiger partial charge in [-0.25, -0.2) is 9.97 Å². The van der Waals surface area contributed by atoms with Crippen molar-refractivity contribution < 1.29 is 4.74 Å². The van der Waals surface area contributed by atoms with Crippen LogP contribution in [-0.4, -0.2) is 53.3 Å².